The molecule has 0 fully saturated rings. The Morgan fingerprint density at radius 3 is 2.38 bits per heavy atom. The van der Waals surface area contributed by atoms with E-state index < -0.39 is 11.9 Å². The highest BCUT2D eigenvalue weighted by atomic mass is 19.1. The van der Waals surface area contributed by atoms with E-state index >= 15 is 0 Å². The van der Waals surface area contributed by atoms with Gasteiger partial charge in [0, 0.05) is 17.8 Å². The van der Waals surface area contributed by atoms with E-state index in [0.29, 0.717) is 23.6 Å². The fourth-order valence-electron chi connectivity index (χ4n) is 3.44. The third-order valence-electron chi connectivity index (χ3n) is 5.31. The SMILES string of the molecule is CC(C)(C)OCC(O)CNc1ccc(-n2nc(OCc3ccc(F)cc3)nc2-c2cccc(F)c2)cc1. The van der Waals surface area contributed by atoms with Crippen LogP contribution in [0.3, 0.4) is 0 Å². The lowest BCUT2D eigenvalue weighted by atomic mass is 10.2. The van der Waals surface area contributed by atoms with Crippen molar-refractivity contribution in [3.05, 3.63) is 90.0 Å². The summed E-state index contributed by atoms with van der Waals surface area (Å²) in [7, 11) is 0. The zero-order valence-corrected chi connectivity index (χ0v) is 21.0. The van der Waals surface area contributed by atoms with Crippen LogP contribution in [0.2, 0.25) is 0 Å². The second kappa shape index (κ2) is 11.5. The molecule has 0 aliphatic carbocycles. The quantitative estimate of drug-likeness (QED) is 0.299. The van der Waals surface area contributed by atoms with Crippen molar-refractivity contribution in [1.82, 2.24) is 14.8 Å². The molecule has 1 unspecified atom stereocenters. The summed E-state index contributed by atoms with van der Waals surface area (Å²) < 4.78 is 40.1. The second-order valence-corrected chi connectivity index (χ2v) is 9.56. The smallest absolute Gasteiger partial charge is 0.336 e. The average molecular weight is 509 g/mol. The largest absolute Gasteiger partial charge is 0.457 e. The number of benzene rings is 3. The van der Waals surface area contributed by atoms with Crippen molar-refractivity contribution in [2.24, 2.45) is 0 Å². The first-order valence-electron chi connectivity index (χ1n) is 11.9. The number of nitrogens with one attached hydrogen (secondary N) is 1. The summed E-state index contributed by atoms with van der Waals surface area (Å²) in [5.41, 5.74) is 2.47. The summed E-state index contributed by atoms with van der Waals surface area (Å²) in [4.78, 5) is 4.48. The van der Waals surface area contributed by atoms with Crippen LogP contribution in [0.25, 0.3) is 17.1 Å². The topological polar surface area (TPSA) is 81.4 Å². The molecule has 1 aromatic heterocycles. The Balaban J connectivity index is 1.50. The van der Waals surface area contributed by atoms with Gasteiger partial charge in [-0.15, -0.1) is 5.10 Å². The van der Waals surface area contributed by atoms with E-state index in [4.69, 9.17) is 9.47 Å². The predicted octanol–water partition coefficient (Wildman–Crippen LogP) is 5.38. The predicted molar refractivity (Wildman–Crippen MR) is 138 cm³/mol. The number of anilines is 1. The van der Waals surface area contributed by atoms with Gasteiger partial charge in [-0.05, 0) is 74.9 Å². The number of aromatic nitrogens is 3. The first-order valence-corrected chi connectivity index (χ1v) is 11.9. The lowest BCUT2D eigenvalue weighted by Gasteiger charge is -2.22. The Bertz CT molecular complexity index is 1300. The maximum Gasteiger partial charge on any atom is 0.336 e. The lowest BCUT2D eigenvalue weighted by Crippen LogP contribution is -2.30. The molecule has 0 bridgehead atoms. The number of rotatable bonds is 10. The third kappa shape index (κ3) is 7.58. The molecule has 3 aromatic carbocycles. The Hall–Kier alpha value is -3.82. The monoisotopic (exact) mass is 508 g/mol. The van der Waals surface area contributed by atoms with Gasteiger partial charge in [0.2, 0.25) is 0 Å². The van der Waals surface area contributed by atoms with Crippen LogP contribution in [0.4, 0.5) is 14.5 Å². The molecule has 0 radical (unpaired) electrons. The van der Waals surface area contributed by atoms with Crippen LogP contribution in [0.5, 0.6) is 6.01 Å². The highest BCUT2D eigenvalue weighted by molar-refractivity contribution is 5.59. The Labute approximate surface area is 214 Å². The van der Waals surface area contributed by atoms with E-state index in [1.54, 1.807) is 28.9 Å². The molecule has 0 aliphatic heterocycles. The van der Waals surface area contributed by atoms with Crippen molar-refractivity contribution >= 4 is 5.69 Å². The van der Waals surface area contributed by atoms with E-state index in [-0.39, 0.29) is 30.6 Å². The molecule has 194 valence electrons. The van der Waals surface area contributed by atoms with Crippen molar-refractivity contribution in [2.75, 3.05) is 18.5 Å². The number of hydrogen-bond acceptors (Lipinski definition) is 6. The summed E-state index contributed by atoms with van der Waals surface area (Å²) in [6.07, 6.45) is -0.658. The van der Waals surface area contributed by atoms with Crippen molar-refractivity contribution in [2.45, 2.75) is 39.1 Å². The highest BCUT2D eigenvalue weighted by Gasteiger charge is 2.16. The fourth-order valence-corrected chi connectivity index (χ4v) is 3.44. The van der Waals surface area contributed by atoms with E-state index in [9.17, 15) is 13.9 Å². The minimum Gasteiger partial charge on any atom is -0.457 e. The van der Waals surface area contributed by atoms with Crippen LogP contribution in [0, 0.1) is 11.6 Å². The van der Waals surface area contributed by atoms with Crippen LogP contribution in [0.1, 0.15) is 26.3 Å². The molecule has 7 nitrogen and oxygen atoms in total. The maximum atomic E-state index is 14.0. The number of nitrogens with zero attached hydrogens (tertiary/aromatic N) is 3. The zero-order chi connectivity index (χ0) is 26.4. The van der Waals surface area contributed by atoms with Gasteiger partial charge in [0.1, 0.15) is 18.2 Å². The normalized spacial score (nSPS) is 12.4. The van der Waals surface area contributed by atoms with E-state index in [1.807, 2.05) is 45.0 Å². The molecule has 0 aliphatic rings. The molecule has 0 saturated carbocycles. The molecule has 1 atom stereocenters. The van der Waals surface area contributed by atoms with E-state index in [0.717, 1.165) is 11.3 Å². The molecule has 2 N–H and O–H groups in total. The molecule has 0 amide bonds. The Kier molecular flexibility index (Phi) is 8.15. The molecule has 1 heterocycles. The van der Waals surface area contributed by atoms with Gasteiger partial charge < -0.3 is 19.9 Å². The van der Waals surface area contributed by atoms with E-state index in [1.165, 1.54) is 24.3 Å². The fraction of sp³-hybridized carbons (Fsp3) is 0.286. The van der Waals surface area contributed by atoms with E-state index in [2.05, 4.69) is 15.4 Å². The zero-order valence-electron chi connectivity index (χ0n) is 21.0. The van der Waals surface area contributed by atoms with Gasteiger partial charge in [-0.1, -0.05) is 24.3 Å². The summed E-state index contributed by atoms with van der Waals surface area (Å²) in [5.74, 6) is -0.316. The molecule has 0 spiro atoms. The summed E-state index contributed by atoms with van der Waals surface area (Å²) >= 11 is 0. The van der Waals surface area contributed by atoms with Crippen LogP contribution in [-0.2, 0) is 11.3 Å². The van der Waals surface area contributed by atoms with Crippen LogP contribution in [-0.4, -0.2) is 44.7 Å². The molecule has 4 aromatic rings. The minimum atomic E-state index is -0.658. The molecular weight excluding hydrogens is 478 g/mol. The van der Waals surface area contributed by atoms with Gasteiger partial charge in [0.25, 0.3) is 0 Å². The number of halogens is 2. The van der Waals surface area contributed by atoms with Crippen LogP contribution >= 0.6 is 0 Å². The summed E-state index contributed by atoms with van der Waals surface area (Å²) in [6.45, 7) is 6.52. The first kappa shape index (κ1) is 26.2. The standard InChI is InChI=1S/C28H30F2N4O3/c1-28(2,3)37-18-25(35)16-31-23-11-13-24(14-12-23)34-26(20-5-4-6-22(30)15-20)32-27(33-34)36-17-19-7-9-21(29)10-8-19/h4-15,25,31,35H,16-18H2,1-3H3. The molecule has 9 heteroatoms. The number of hydrogen-bond donors (Lipinski definition) is 2. The average Bonchev–Trinajstić information content (AvgIpc) is 3.30. The minimum absolute atomic E-state index is 0.104. The first-order chi connectivity index (χ1) is 17.7. The number of aliphatic hydroxyl groups excluding tert-OH is 1. The molecular formula is C28H30F2N4O3. The van der Waals surface area contributed by atoms with Crippen molar-refractivity contribution < 1.29 is 23.4 Å². The van der Waals surface area contributed by atoms with Crippen molar-refractivity contribution in [1.29, 1.82) is 0 Å². The molecule has 0 saturated heterocycles. The van der Waals surface area contributed by atoms with Crippen LogP contribution in [0.15, 0.2) is 72.8 Å². The number of ether oxygens (including phenoxy) is 2. The summed E-state index contributed by atoms with van der Waals surface area (Å²) in [5, 5.41) is 17.8. The molecule has 4 rings (SSSR count). The van der Waals surface area contributed by atoms with Gasteiger partial charge in [-0.25, -0.2) is 13.5 Å². The Morgan fingerprint density at radius 2 is 1.70 bits per heavy atom. The van der Waals surface area contributed by atoms with Gasteiger partial charge in [0.05, 0.1) is 24.0 Å². The highest BCUT2D eigenvalue weighted by Crippen LogP contribution is 2.25. The van der Waals surface area contributed by atoms with Crippen molar-refractivity contribution in [3.63, 3.8) is 0 Å². The maximum absolute atomic E-state index is 14.0. The Morgan fingerprint density at radius 1 is 0.973 bits per heavy atom. The second-order valence-electron chi connectivity index (χ2n) is 9.56. The van der Waals surface area contributed by atoms with Crippen LogP contribution < -0.4 is 10.1 Å². The lowest BCUT2D eigenvalue weighted by molar-refractivity contribution is -0.0449. The summed E-state index contributed by atoms with van der Waals surface area (Å²) in [6, 6.07) is 19.5. The van der Waals surface area contributed by atoms with Gasteiger partial charge in [-0.2, -0.15) is 4.98 Å². The third-order valence-corrected chi connectivity index (χ3v) is 5.31. The molecule has 37 heavy (non-hydrogen) atoms. The van der Waals surface area contributed by atoms with Crippen molar-refractivity contribution in [3.8, 4) is 23.1 Å². The van der Waals surface area contributed by atoms with Gasteiger partial charge in [0.15, 0.2) is 5.82 Å². The van der Waals surface area contributed by atoms with Gasteiger partial charge in [-0.3, -0.25) is 0 Å². The van der Waals surface area contributed by atoms with Gasteiger partial charge >= 0.3 is 6.01 Å². The number of aliphatic hydroxyl groups is 1.